The SMILES string of the molecule is CCOC(=O)C1=C(C)N=c2s/c(=C\c3cc(Br)c(OCc4ccc(Cl)cc4Cl)c([N+](=O)[O-])c3)c(=O)n2[C@@H]1c1ccccc1OC(C)C. The number of halogens is 3. The number of esters is 1. The highest BCUT2D eigenvalue weighted by atomic mass is 79.9. The van der Waals surface area contributed by atoms with Gasteiger partial charge in [0.1, 0.15) is 18.4 Å². The molecular weight excluding hydrogens is 733 g/mol. The summed E-state index contributed by atoms with van der Waals surface area (Å²) >= 11 is 16.7. The van der Waals surface area contributed by atoms with Crippen molar-refractivity contribution >= 4 is 68.2 Å². The minimum atomic E-state index is -0.890. The molecule has 0 N–H and O–H groups in total. The Morgan fingerprint density at radius 3 is 2.62 bits per heavy atom. The maximum absolute atomic E-state index is 14.1. The first kappa shape index (κ1) is 34.4. The molecule has 244 valence electrons. The van der Waals surface area contributed by atoms with E-state index >= 15 is 0 Å². The Bertz CT molecular complexity index is 2110. The number of carbonyl (C=O) groups is 1. The molecule has 0 fully saturated rings. The maximum atomic E-state index is 14.1. The number of allylic oxidation sites excluding steroid dienone is 1. The monoisotopic (exact) mass is 759 g/mol. The number of thiazole rings is 1. The van der Waals surface area contributed by atoms with Crippen LogP contribution in [-0.2, 0) is 16.1 Å². The smallest absolute Gasteiger partial charge is 0.338 e. The van der Waals surface area contributed by atoms with E-state index in [4.69, 9.17) is 37.4 Å². The van der Waals surface area contributed by atoms with E-state index in [1.54, 1.807) is 62.4 Å². The van der Waals surface area contributed by atoms with Gasteiger partial charge in [0.2, 0.25) is 5.75 Å². The molecular formula is C33H28BrCl2N3O7S. The number of benzene rings is 3. The number of fused-ring (bicyclic) bond motifs is 1. The molecule has 1 aliphatic rings. The van der Waals surface area contributed by atoms with Crippen LogP contribution in [0.15, 0.2) is 80.1 Å². The van der Waals surface area contributed by atoms with Crippen molar-refractivity contribution < 1.29 is 23.9 Å². The first-order chi connectivity index (χ1) is 22.4. The molecule has 5 rings (SSSR count). The van der Waals surface area contributed by atoms with Crippen LogP contribution >= 0.6 is 50.5 Å². The van der Waals surface area contributed by atoms with Gasteiger partial charge in [0.25, 0.3) is 5.56 Å². The van der Waals surface area contributed by atoms with E-state index in [1.807, 2.05) is 19.9 Å². The molecule has 0 bridgehead atoms. The van der Waals surface area contributed by atoms with Crippen LogP contribution < -0.4 is 24.4 Å². The third kappa shape index (κ3) is 7.30. The molecule has 47 heavy (non-hydrogen) atoms. The van der Waals surface area contributed by atoms with Crippen LogP contribution in [0.4, 0.5) is 5.69 Å². The highest BCUT2D eigenvalue weighted by molar-refractivity contribution is 9.10. The Kier molecular flexibility index (Phi) is 10.5. The second-order valence-electron chi connectivity index (χ2n) is 10.6. The van der Waals surface area contributed by atoms with Crippen LogP contribution in [0.5, 0.6) is 11.5 Å². The van der Waals surface area contributed by atoms with Crippen molar-refractivity contribution in [2.75, 3.05) is 6.61 Å². The Morgan fingerprint density at radius 2 is 1.94 bits per heavy atom. The van der Waals surface area contributed by atoms with Gasteiger partial charge >= 0.3 is 11.7 Å². The molecule has 1 atom stereocenters. The van der Waals surface area contributed by atoms with Gasteiger partial charge in [-0.05, 0) is 79.5 Å². The highest BCUT2D eigenvalue weighted by Gasteiger charge is 2.35. The number of ether oxygens (including phenoxy) is 3. The Labute approximate surface area is 291 Å². The van der Waals surface area contributed by atoms with Gasteiger partial charge in [-0.2, -0.15) is 0 Å². The van der Waals surface area contributed by atoms with Crippen molar-refractivity contribution in [1.82, 2.24) is 4.57 Å². The van der Waals surface area contributed by atoms with Crippen LogP contribution in [0.25, 0.3) is 6.08 Å². The quantitative estimate of drug-likeness (QED) is 0.0957. The summed E-state index contributed by atoms with van der Waals surface area (Å²) in [6.45, 7) is 7.26. The molecule has 1 aliphatic heterocycles. The number of aromatic nitrogens is 1. The standard InChI is InChI=1S/C33H28BrCl2N3O7S/c1-5-44-32(41)28-18(4)37-33-38(29(28)22-8-6-7-9-26(22)46-17(2)3)31(40)27(47-33)14-19-12-23(34)30(25(13-19)39(42)43)45-16-20-10-11-21(35)15-24(20)36/h6-15,17,29H,5,16H2,1-4H3/b27-14-/t29-/m1/s1. The Morgan fingerprint density at radius 1 is 1.19 bits per heavy atom. The number of rotatable bonds is 10. The molecule has 14 heteroatoms. The van der Waals surface area contributed by atoms with Gasteiger partial charge in [0, 0.05) is 27.2 Å². The fourth-order valence-corrected chi connectivity index (χ4v) is 7.15. The van der Waals surface area contributed by atoms with Crippen LogP contribution in [-0.4, -0.2) is 28.2 Å². The van der Waals surface area contributed by atoms with Crippen molar-refractivity contribution in [3.8, 4) is 11.5 Å². The van der Waals surface area contributed by atoms with Gasteiger partial charge in [-0.15, -0.1) is 0 Å². The number of hydrogen-bond acceptors (Lipinski definition) is 9. The summed E-state index contributed by atoms with van der Waals surface area (Å²) in [4.78, 5) is 44.0. The average Bonchev–Trinajstić information content (AvgIpc) is 3.30. The normalized spacial score (nSPS) is 14.6. The fraction of sp³-hybridized carbons (Fsp3) is 0.242. The zero-order valence-corrected chi connectivity index (χ0v) is 29.5. The lowest BCUT2D eigenvalue weighted by molar-refractivity contribution is -0.386. The Hall–Kier alpha value is -3.97. The Balaban J connectivity index is 1.62. The molecule has 0 amide bonds. The summed E-state index contributed by atoms with van der Waals surface area (Å²) in [6, 6.07) is 14.1. The first-order valence-electron chi connectivity index (χ1n) is 14.4. The molecule has 0 unspecified atom stereocenters. The summed E-state index contributed by atoms with van der Waals surface area (Å²) in [7, 11) is 0. The molecule has 10 nitrogen and oxygen atoms in total. The minimum absolute atomic E-state index is 0.00362. The number of nitro groups is 1. The molecule has 0 aliphatic carbocycles. The highest BCUT2D eigenvalue weighted by Crippen LogP contribution is 2.38. The minimum Gasteiger partial charge on any atom is -0.491 e. The summed E-state index contributed by atoms with van der Waals surface area (Å²) in [6.07, 6.45) is 1.37. The fourth-order valence-electron chi connectivity index (χ4n) is 5.05. The lowest BCUT2D eigenvalue weighted by atomic mass is 9.95. The lowest BCUT2D eigenvalue weighted by Gasteiger charge is -2.26. The summed E-state index contributed by atoms with van der Waals surface area (Å²) in [5.41, 5.74) is 1.41. The molecule has 1 aromatic heterocycles. The van der Waals surface area contributed by atoms with E-state index in [9.17, 15) is 19.7 Å². The molecule has 2 heterocycles. The third-order valence-corrected chi connectivity index (χ3v) is 9.18. The van der Waals surface area contributed by atoms with Gasteiger partial charge in [-0.3, -0.25) is 19.5 Å². The van der Waals surface area contributed by atoms with E-state index < -0.39 is 22.5 Å². The van der Waals surface area contributed by atoms with Gasteiger partial charge < -0.3 is 14.2 Å². The number of carbonyl (C=O) groups excluding carboxylic acids is 1. The largest absolute Gasteiger partial charge is 0.491 e. The third-order valence-electron chi connectivity index (χ3n) is 7.02. The zero-order valence-electron chi connectivity index (χ0n) is 25.6. The van der Waals surface area contributed by atoms with Crippen molar-refractivity contribution in [2.24, 2.45) is 4.99 Å². The molecule has 0 saturated carbocycles. The predicted molar refractivity (Wildman–Crippen MR) is 184 cm³/mol. The van der Waals surface area contributed by atoms with Crippen molar-refractivity contribution in [1.29, 1.82) is 0 Å². The van der Waals surface area contributed by atoms with Crippen LogP contribution in [0, 0.1) is 10.1 Å². The molecule has 0 spiro atoms. The second kappa shape index (κ2) is 14.4. The van der Waals surface area contributed by atoms with Gasteiger partial charge in [-0.25, -0.2) is 9.79 Å². The summed E-state index contributed by atoms with van der Waals surface area (Å²) in [5, 5.41) is 12.9. The van der Waals surface area contributed by atoms with E-state index in [2.05, 4.69) is 20.9 Å². The van der Waals surface area contributed by atoms with Crippen molar-refractivity contribution in [3.63, 3.8) is 0 Å². The predicted octanol–water partition coefficient (Wildman–Crippen LogP) is 7.14. The summed E-state index contributed by atoms with van der Waals surface area (Å²) in [5.74, 6) is -0.0906. The zero-order chi connectivity index (χ0) is 34.0. The van der Waals surface area contributed by atoms with E-state index in [-0.39, 0.29) is 40.9 Å². The van der Waals surface area contributed by atoms with Crippen LogP contribution in [0.2, 0.25) is 10.0 Å². The molecule has 3 aromatic carbocycles. The molecule has 0 radical (unpaired) electrons. The maximum Gasteiger partial charge on any atom is 0.338 e. The van der Waals surface area contributed by atoms with Gasteiger partial charge in [0.05, 0.1) is 37.9 Å². The van der Waals surface area contributed by atoms with Crippen molar-refractivity contribution in [3.05, 3.63) is 127 Å². The van der Waals surface area contributed by atoms with Gasteiger partial charge in [0.15, 0.2) is 4.80 Å². The lowest BCUT2D eigenvalue weighted by Crippen LogP contribution is -2.40. The first-order valence-corrected chi connectivity index (χ1v) is 16.8. The van der Waals surface area contributed by atoms with Crippen LogP contribution in [0.1, 0.15) is 50.4 Å². The van der Waals surface area contributed by atoms with E-state index in [1.165, 1.54) is 10.6 Å². The van der Waals surface area contributed by atoms with Crippen molar-refractivity contribution in [2.45, 2.75) is 46.4 Å². The number of para-hydroxylation sites is 1. The molecule has 4 aromatic rings. The number of hydrogen-bond donors (Lipinski definition) is 0. The van der Waals surface area contributed by atoms with Crippen LogP contribution in [0.3, 0.4) is 0 Å². The number of nitro benzene ring substituents is 1. The number of nitrogens with zero attached hydrogens (tertiary/aromatic N) is 3. The average molecular weight is 761 g/mol. The van der Waals surface area contributed by atoms with Gasteiger partial charge in [-0.1, -0.05) is 58.8 Å². The summed E-state index contributed by atoms with van der Waals surface area (Å²) < 4.78 is 19.3. The topological polar surface area (TPSA) is 122 Å². The molecule has 0 saturated heterocycles. The van der Waals surface area contributed by atoms with E-state index in [0.29, 0.717) is 47.5 Å². The second-order valence-corrected chi connectivity index (χ2v) is 13.3. The van der Waals surface area contributed by atoms with E-state index in [0.717, 1.165) is 11.3 Å².